The van der Waals surface area contributed by atoms with Crippen molar-refractivity contribution in [2.75, 3.05) is 26.4 Å². The lowest BCUT2D eigenvalue weighted by Crippen LogP contribution is -2.44. The van der Waals surface area contributed by atoms with Crippen molar-refractivity contribution in [1.82, 2.24) is 14.5 Å². The van der Waals surface area contributed by atoms with Crippen molar-refractivity contribution in [2.24, 2.45) is 18.5 Å². The summed E-state index contributed by atoms with van der Waals surface area (Å²) in [6, 6.07) is 13.2. The number of primary amides is 1. The number of benzene rings is 2. The Morgan fingerprint density at radius 3 is 2.22 bits per heavy atom. The van der Waals surface area contributed by atoms with Gasteiger partial charge in [-0.3, -0.25) is 28.8 Å². The third-order valence-electron chi connectivity index (χ3n) is 8.89. The molecule has 0 saturated carbocycles. The number of nitrogens with zero attached hydrogens (tertiary/aromatic N) is 2. The fourth-order valence-electron chi connectivity index (χ4n) is 6.00. The molecule has 13 heteroatoms. The van der Waals surface area contributed by atoms with Crippen LogP contribution in [0.3, 0.4) is 0 Å². The lowest BCUT2D eigenvalue weighted by molar-refractivity contribution is -0.135. The molecule has 3 atom stereocenters. The minimum atomic E-state index is -0.686. The molecule has 1 unspecified atom stereocenters. The van der Waals surface area contributed by atoms with Crippen LogP contribution >= 0.6 is 12.4 Å². The van der Waals surface area contributed by atoms with Crippen LogP contribution in [0.15, 0.2) is 47.3 Å². The molecule has 270 valence electrons. The Morgan fingerprint density at radius 1 is 0.939 bits per heavy atom. The Balaban J connectivity index is 0.00000650. The van der Waals surface area contributed by atoms with Crippen LogP contribution in [0.2, 0.25) is 0 Å². The van der Waals surface area contributed by atoms with Gasteiger partial charge >= 0.3 is 5.69 Å². The van der Waals surface area contributed by atoms with Crippen molar-refractivity contribution in [1.29, 1.82) is 0 Å². The molecule has 4 rings (SSSR count). The molecule has 1 aliphatic heterocycles. The zero-order chi connectivity index (χ0) is 34.5. The maximum absolute atomic E-state index is 13.1. The van der Waals surface area contributed by atoms with Crippen molar-refractivity contribution in [2.45, 2.75) is 95.9 Å². The Hall–Kier alpha value is -3.55. The predicted octanol–water partition coefficient (Wildman–Crippen LogP) is 3.62. The number of carbonyl (C=O) groups is 3. The normalized spacial score (nSPS) is 15.9. The number of hydrogen-bond acceptors (Lipinski definition) is 8. The minimum Gasteiger partial charge on any atom is -0.381 e. The van der Waals surface area contributed by atoms with Gasteiger partial charge in [-0.25, -0.2) is 4.79 Å². The second kappa shape index (κ2) is 20.2. The molecule has 1 saturated heterocycles. The Labute approximate surface area is 294 Å². The van der Waals surface area contributed by atoms with Gasteiger partial charge in [0.05, 0.1) is 23.7 Å². The quantitative estimate of drug-likeness (QED) is 0.112. The summed E-state index contributed by atoms with van der Waals surface area (Å²) >= 11 is 0. The van der Waals surface area contributed by atoms with E-state index in [1.165, 1.54) is 10.1 Å². The van der Waals surface area contributed by atoms with E-state index < -0.39 is 11.9 Å². The van der Waals surface area contributed by atoms with Gasteiger partial charge in [0, 0.05) is 52.4 Å². The van der Waals surface area contributed by atoms with E-state index in [-0.39, 0.29) is 54.9 Å². The summed E-state index contributed by atoms with van der Waals surface area (Å²) in [6.45, 7) is 5.10. The summed E-state index contributed by atoms with van der Waals surface area (Å²) in [5.74, 6) is -1.08. The van der Waals surface area contributed by atoms with Gasteiger partial charge in [0.25, 0.3) is 0 Å². The van der Waals surface area contributed by atoms with Gasteiger partial charge < -0.3 is 25.7 Å². The smallest absolute Gasteiger partial charge is 0.329 e. The van der Waals surface area contributed by atoms with Gasteiger partial charge in [-0.1, -0.05) is 36.4 Å². The number of fused-ring (bicyclic) bond motifs is 1. The number of aromatic nitrogens is 2. The van der Waals surface area contributed by atoms with Crippen LogP contribution in [0.5, 0.6) is 0 Å². The molecule has 49 heavy (non-hydrogen) atoms. The van der Waals surface area contributed by atoms with Crippen molar-refractivity contribution < 1.29 is 28.6 Å². The molecule has 1 aliphatic rings. The van der Waals surface area contributed by atoms with Gasteiger partial charge in [0.15, 0.2) is 0 Å². The summed E-state index contributed by atoms with van der Waals surface area (Å²) < 4.78 is 20.7. The predicted molar refractivity (Wildman–Crippen MR) is 190 cm³/mol. The van der Waals surface area contributed by atoms with Crippen LogP contribution in [-0.4, -0.2) is 65.4 Å². The second-order valence-electron chi connectivity index (χ2n) is 12.6. The first-order chi connectivity index (χ1) is 23.2. The SMILES string of the molecule is C[C@@H](OCc1ccc(CCCOCCCCOCCCc2cccc3c2n(C)c(=O)n3C2CCC(=O)NC2=O)cc1)[C@@H](N)CCC(N)=O.Cl. The average Bonchev–Trinajstić information content (AvgIpc) is 3.32. The monoisotopic (exact) mass is 701 g/mol. The second-order valence-corrected chi connectivity index (χ2v) is 12.6. The van der Waals surface area contributed by atoms with Crippen molar-refractivity contribution in [3.63, 3.8) is 0 Å². The first-order valence-corrected chi connectivity index (χ1v) is 17.1. The third kappa shape index (κ3) is 11.8. The molecule has 2 heterocycles. The number of nitrogens with one attached hydrogen (secondary N) is 1. The lowest BCUT2D eigenvalue weighted by Gasteiger charge is -2.21. The Morgan fingerprint density at radius 2 is 1.57 bits per heavy atom. The molecule has 0 radical (unpaired) electrons. The van der Waals surface area contributed by atoms with Crippen LogP contribution in [0.25, 0.3) is 11.0 Å². The zero-order valence-electron chi connectivity index (χ0n) is 28.7. The Kier molecular flexibility index (Phi) is 16.4. The molecule has 0 spiro atoms. The molecule has 0 aliphatic carbocycles. The highest BCUT2D eigenvalue weighted by Gasteiger charge is 2.31. The van der Waals surface area contributed by atoms with Crippen LogP contribution < -0.4 is 22.5 Å². The van der Waals surface area contributed by atoms with E-state index in [9.17, 15) is 19.2 Å². The molecule has 12 nitrogen and oxygen atoms in total. The summed E-state index contributed by atoms with van der Waals surface area (Å²) in [6.07, 6.45) is 6.49. The molecule has 1 aromatic heterocycles. The van der Waals surface area contributed by atoms with Gasteiger partial charge in [0.2, 0.25) is 17.7 Å². The van der Waals surface area contributed by atoms with Crippen molar-refractivity contribution in [3.05, 3.63) is 69.6 Å². The van der Waals surface area contributed by atoms with Crippen LogP contribution in [-0.2, 0) is 55.1 Å². The maximum Gasteiger partial charge on any atom is 0.329 e. The number of imide groups is 1. The fourth-order valence-corrected chi connectivity index (χ4v) is 6.00. The molecular weight excluding hydrogens is 650 g/mol. The van der Waals surface area contributed by atoms with Crippen molar-refractivity contribution in [3.8, 4) is 0 Å². The van der Waals surface area contributed by atoms with E-state index in [1.807, 2.05) is 25.1 Å². The number of amides is 3. The number of unbranched alkanes of at least 4 members (excludes halogenated alkanes) is 1. The summed E-state index contributed by atoms with van der Waals surface area (Å²) in [7, 11) is 1.72. The number of ether oxygens (including phenoxy) is 3. The highest BCUT2D eigenvalue weighted by molar-refractivity contribution is 6.00. The number of halogens is 1. The number of aryl methyl sites for hydroxylation is 3. The summed E-state index contributed by atoms with van der Waals surface area (Å²) in [5.41, 5.74) is 15.9. The summed E-state index contributed by atoms with van der Waals surface area (Å²) in [4.78, 5) is 48.1. The molecule has 1 fully saturated rings. The van der Waals surface area contributed by atoms with E-state index in [2.05, 4.69) is 29.6 Å². The number of nitrogens with two attached hydrogens (primary N) is 2. The van der Waals surface area contributed by atoms with E-state index in [4.69, 9.17) is 25.7 Å². The van der Waals surface area contributed by atoms with Gasteiger partial charge in [-0.2, -0.15) is 0 Å². The van der Waals surface area contributed by atoms with E-state index in [0.29, 0.717) is 51.4 Å². The molecule has 3 amide bonds. The number of carbonyl (C=O) groups excluding carboxylic acids is 3. The zero-order valence-corrected chi connectivity index (χ0v) is 29.5. The fraction of sp³-hybridized carbons (Fsp3) is 0.556. The largest absolute Gasteiger partial charge is 0.381 e. The van der Waals surface area contributed by atoms with E-state index >= 15 is 0 Å². The molecule has 0 bridgehead atoms. The maximum atomic E-state index is 13.1. The topological polar surface area (TPSA) is 170 Å². The Bertz CT molecular complexity index is 1570. The lowest BCUT2D eigenvalue weighted by atomic mass is 10.0. The first-order valence-electron chi connectivity index (χ1n) is 17.1. The van der Waals surface area contributed by atoms with Gasteiger partial charge in [-0.15, -0.1) is 12.4 Å². The van der Waals surface area contributed by atoms with Crippen molar-refractivity contribution >= 4 is 41.2 Å². The highest BCUT2D eigenvalue weighted by atomic mass is 35.5. The number of hydrogen-bond donors (Lipinski definition) is 3. The van der Waals surface area contributed by atoms with E-state index in [0.717, 1.165) is 55.2 Å². The summed E-state index contributed by atoms with van der Waals surface area (Å²) in [5, 5.41) is 2.35. The first kappa shape index (κ1) is 39.9. The van der Waals surface area contributed by atoms with E-state index in [1.54, 1.807) is 11.6 Å². The highest BCUT2D eigenvalue weighted by Crippen LogP contribution is 2.25. The molecule has 5 N–H and O–H groups in total. The number of para-hydroxylation sites is 1. The van der Waals surface area contributed by atoms with Crippen LogP contribution in [0, 0.1) is 0 Å². The molecular formula is C36H52ClN5O7. The van der Waals surface area contributed by atoms with Gasteiger partial charge in [-0.05, 0) is 81.0 Å². The molecule has 3 aromatic rings. The van der Waals surface area contributed by atoms with Crippen LogP contribution in [0.1, 0.15) is 81.0 Å². The standard InChI is InChI=1S/C36H51N5O7.ClH/c1-25(29(37)16-18-32(38)42)48-24-27-14-12-26(13-15-27)8-6-22-46-20-3-4-21-47-23-7-10-28-9-5-11-30-34(28)40(2)36(45)41(30)31-17-19-33(43)39-35(31)44;/h5,9,11-15,25,29,31H,3-4,6-8,10,16-24,37H2,1-2H3,(H2,38,42)(H,39,43,44);1H/t25-,29+,31?;/m1./s1. The number of imidazole rings is 1. The number of rotatable bonds is 21. The minimum absolute atomic E-state index is 0. The van der Waals surface area contributed by atoms with Crippen LogP contribution in [0.4, 0.5) is 0 Å². The number of piperidine rings is 1. The molecule has 2 aromatic carbocycles. The third-order valence-corrected chi connectivity index (χ3v) is 8.89. The average molecular weight is 702 g/mol. The van der Waals surface area contributed by atoms with Gasteiger partial charge in [0.1, 0.15) is 6.04 Å².